The van der Waals surface area contributed by atoms with Crippen LogP contribution in [0.2, 0.25) is 0 Å². The van der Waals surface area contributed by atoms with E-state index in [9.17, 15) is 20.2 Å². The summed E-state index contributed by atoms with van der Waals surface area (Å²) in [5.74, 6) is 0. The number of quaternary nitrogens is 1. The minimum Gasteiger partial charge on any atom is -0.384 e. The third-order valence-electron chi connectivity index (χ3n) is 5.88. The van der Waals surface area contributed by atoms with Crippen LogP contribution in [0.25, 0.3) is 21.8 Å². The van der Waals surface area contributed by atoms with Crippen LogP contribution in [0.3, 0.4) is 0 Å². The van der Waals surface area contributed by atoms with Crippen LogP contribution in [0.5, 0.6) is 0 Å². The number of hydrogen-bond donors (Lipinski definition) is 1. The largest absolute Gasteiger partial charge is 0.384 e. The highest BCUT2D eigenvalue weighted by molar-refractivity contribution is 6.11. The highest BCUT2D eigenvalue weighted by Crippen LogP contribution is 2.36. The van der Waals surface area contributed by atoms with Crippen molar-refractivity contribution in [1.82, 2.24) is 4.98 Å². The number of para-hydroxylation sites is 1. The Kier molecular flexibility index (Phi) is 6.38. The molecule has 0 aliphatic rings. The first-order valence-corrected chi connectivity index (χ1v) is 11.0. The molecular formula is C25H26N5O4+. The number of hydrogen-bond acceptors (Lipinski definition) is 6. The Balaban J connectivity index is 1.50. The van der Waals surface area contributed by atoms with Gasteiger partial charge in [0, 0.05) is 42.1 Å². The fourth-order valence-electron chi connectivity index (χ4n) is 4.28. The Morgan fingerprint density at radius 2 is 1.59 bits per heavy atom. The number of pyridine rings is 1. The molecule has 0 radical (unpaired) electrons. The molecule has 1 heterocycles. The van der Waals surface area contributed by atoms with Crippen molar-refractivity contribution >= 4 is 38.9 Å². The number of benzene rings is 3. The van der Waals surface area contributed by atoms with Crippen molar-refractivity contribution in [3.8, 4) is 0 Å². The maximum atomic E-state index is 11.7. The lowest BCUT2D eigenvalue weighted by atomic mass is 10.1. The van der Waals surface area contributed by atoms with Gasteiger partial charge in [-0.1, -0.05) is 24.3 Å². The van der Waals surface area contributed by atoms with Crippen molar-refractivity contribution in [2.45, 2.75) is 13.0 Å². The van der Waals surface area contributed by atoms with Crippen LogP contribution in [-0.4, -0.2) is 46.5 Å². The number of rotatable bonds is 9. The van der Waals surface area contributed by atoms with Gasteiger partial charge in [-0.2, -0.15) is 0 Å². The molecule has 0 aliphatic carbocycles. The number of nitrogens with one attached hydrogen (secondary N) is 1. The summed E-state index contributed by atoms with van der Waals surface area (Å²) in [6.07, 6.45) is 0.832. The van der Waals surface area contributed by atoms with Gasteiger partial charge in [0.15, 0.2) is 0 Å². The number of anilines is 1. The van der Waals surface area contributed by atoms with Crippen LogP contribution in [0.4, 0.5) is 17.1 Å². The molecular weight excluding hydrogens is 434 g/mol. The minimum atomic E-state index is -0.397. The van der Waals surface area contributed by atoms with Gasteiger partial charge in [-0.3, -0.25) is 20.2 Å². The molecule has 0 bridgehead atoms. The molecule has 34 heavy (non-hydrogen) atoms. The molecule has 0 saturated carbocycles. The van der Waals surface area contributed by atoms with Crippen molar-refractivity contribution < 1.29 is 14.3 Å². The summed E-state index contributed by atoms with van der Waals surface area (Å²) >= 11 is 0. The Morgan fingerprint density at radius 3 is 2.29 bits per heavy atom. The molecule has 0 spiro atoms. The molecule has 0 aliphatic heterocycles. The van der Waals surface area contributed by atoms with E-state index in [2.05, 4.69) is 24.4 Å². The fraction of sp³-hybridized carbons (Fsp3) is 0.240. The zero-order valence-electron chi connectivity index (χ0n) is 19.1. The van der Waals surface area contributed by atoms with Crippen LogP contribution in [0.15, 0.2) is 66.7 Å². The summed E-state index contributed by atoms with van der Waals surface area (Å²) in [5.41, 5.74) is 3.26. The number of fused-ring (bicyclic) bond motifs is 2. The maximum Gasteiger partial charge on any atom is 0.280 e. The van der Waals surface area contributed by atoms with Crippen molar-refractivity contribution in [1.29, 1.82) is 0 Å². The second-order valence-corrected chi connectivity index (χ2v) is 8.95. The lowest BCUT2D eigenvalue weighted by Gasteiger charge is -2.30. The number of nitro groups is 2. The lowest BCUT2D eigenvalue weighted by Crippen LogP contribution is -2.40. The van der Waals surface area contributed by atoms with Gasteiger partial charge in [0.2, 0.25) is 0 Å². The summed E-state index contributed by atoms with van der Waals surface area (Å²) in [6.45, 7) is 2.23. The molecule has 0 amide bonds. The van der Waals surface area contributed by atoms with E-state index in [1.165, 1.54) is 18.2 Å². The molecule has 0 saturated heterocycles. The van der Waals surface area contributed by atoms with Gasteiger partial charge in [0.1, 0.15) is 11.9 Å². The van der Waals surface area contributed by atoms with Gasteiger partial charge < -0.3 is 9.80 Å². The van der Waals surface area contributed by atoms with Gasteiger partial charge in [-0.15, -0.1) is 0 Å². The first-order valence-electron chi connectivity index (χ1n) is 11.0. The van der Waals surface area contributed by atoms with Crippen LogP contribution in [0.1, 0.15) is 12.0 Å². The molecule has 174 valence electrons. The molecule has 4 aromatic rings. The number of aromatic nitrogens is 1. The molecule has 9 heteroatoms. The van der Waals surface area contributed by atoms with E-state index in [0.29, 0.717) is 21.9 Å². The highest BCUT2D eigenvalue weighted by Gasteiger charge is 2.20. The van der Waals surface area contributed by atoms with Crippen LogP contribution in [0, 0.1) is 20.2 Å². The zero-order valence-corrected chi connectivity index (χ0v) is 19.1. The van der Waals surface area contributed by atoms with Crippen LogP contribution in [-0.2, 0) is 6.54 Å². The summed E-state index contributed by atoms with van der Waals surface area (Å²) in [4.78, 5) is 26.4. The molecule has 0 unspecified atom stereocenters. The zero-order chi connectivity index (χ0) is 24.3. The van der Waals surface area contributed by atoms with E-state index < -0.39 is 4.92 Å². The number of non-ortho nitro benzene ring substituents is 2. The van der Waals surface area contributed by atoms with Gasteiger partial charge >= 0.3 is 0 Å². The quantitative estimate of drug-likeness (QED) is 0.120. The Morgan fingerprint density at radius 1 is 0.882 bits per heavy atom. The second kappa shape index (κ2) is 9.40. The van der Waals surface area contributed by atoms with E-state index in [0.717, 1.165) is 41.7 Å². The highest BCUT2D eigenvalue weighted by atomic mass is 16.6. The van der Waals surface area contributed by atoms with E-state index >= 15 is 0 Å². The van der Waals surface area contributed by atoms with E-state index in [4.69, 9.17) is 0 Å². The van der Waals surface area contributed by atoms with Crippen molar-refractivity contribution in [2.24, 2.45) is 0 Å². The fourth-order valence-corrected chi connectivity index (χ4v) is 4.28. The topological polar surface area (TPSA) is 111 Å². The molecule has 1 N–H and O–H groups in total. The first kappa shape index (κ1) is 23.1. The SMILES string of the molecule is C[N+](C)(CCCNc1c2ccccc2nc2cccc([N+](=O)[O-])c12)Cc1ccc([N+](=O)[O-])cc1. The Hall–Kier alpha value is -4.11. The molecule has 3 aromatic carbocycles. The van der Waals surface area contributed by atoms with E-state index in [1.807, 2.05) is 24.3 Å². The van der Waals surface area contributed by atoms with Gasteiger partial charge in [-0.25, -0.2) is 4.98 Å². The third-order valence-corrected chi connectivity index (χ3v) is 5.88. The van der Waals surface area contributed by atoms with Gasteiger partial charge in [0.25, 0.3) is 11.4 Å². The van der Waals surface area contributed by atoms with Crippen molar-refractivity contribution in [3.63, 3.8) is 0 Å². The standard InChI is InChI=1S/C25H26N5O4/c1-30(2,17-18-11-13-19(14-12-18)28(31)32)16-6-15-26-25-20-7-3-4-8-21(20)27-22-9-5-10-23(24(22)25)29(33)34/h3-5,7-14H,6,15-17H2,1-2H3,(H,26,27)/q+1. The minimum absolute atomic E-state index is 0.0348. The van der Waals surface area contributed by atoms with Crippen LogP contribution >= 0.6 is 0 Å². The third kappa shape index (κ3) is 4.94. The summed E-state index contributed by atoms with van der Waals surface area (Å²) < 4.78 is 0.706. The molecule has 0 atom stereocenters. The van der Waals surface area contributed by atoms with Crippen molar-refractivity contribution in [3.05, 3.63) is 92.5 Å². The Labute approximate surface area is 196 Å². The first-order chi connectivity index (χ1) is 16.2. The average Bonchev–Trinajstić information content (AvgIpc) is 2.80. The van der Waals surface area contributed by atoms with E-state index in [1.54, 1.807) is 24.3 Å². The molecule has 4 rings (SSSR count). The summed E-state index contributed by atoms with van der Waals surface area (Å²) in [6, 6.07) is 19.3. The second-order valence-electron chi connectivity index (χ2n) is 8.95. The number of nitro benzene ring substituents is 2. The smallest absolute Gasteiger partial charge is 0.280 e. The monoisotopic (exact) mass is 460 g/mol. The summed E-state index contributed by atoms with van der Waals surface area (Å²) in [5, 5.41) is 27.4. The number of nitrogens with zero attached hydrogens (tertiary/aromatic N) is 4. The van der Waals surface area contributed by atoms with Crippen LogP contribution < -0.4 is 5.32 Å². The molecule has 0 fully saturated rings. The van der Waals surface area contributed by atoms with Gasteiger partial charge in [-0.05, 0) is 24.3 Å². The summed E-state index contributed by atoms with van der Waals surface area (Å²) in [7, 11) is 4.23. The van der Waals surface area contributed by atoms with Crippen molar-refractivity contribution in [2.75, 3.05) is 32.5 Å². The lowest BCUT2D eigenvalue weighted by molar-refractivity contribution is -0.903. The van der Waals surface area contributed by atoms with Gasteiger partial charge in [0.05, 0.1) is 47.2 Å². The molecule has 9 nitrogen and oxygen atoms in total. The average molecular weight is 461 g/mol. The van der Waals surface area contributed by atoms with E-state index in [-0.39, 0.29) is 16.3 Å². The molecule has 1 aromatic heterocycles. The Bertz CT molecular complexity index is 1370. The predicted octanol–water partition coefficient (Wildman–Crippen LogP) is 5.28. The maximum absolute atomic E-state index is 11.7. The normalized spacial score (nSPS) is 11.6. The predicted molar refractivity (Wildman–Crippen MR) is 133 cm³/mol.